The van der Waals surface area contributed by atoms with Gasteiger partial charge in [0.2, 0.25) is 10.0 Å². The van der Waals surface area contributed by atoms with Crippen molar-refractivity contribution in [2.24, 2.45) is 0 Å². The first-order valence-corrected chi connectivity index (χ1v) is 9.48. The highest BCUT2D eigenvalue weighted by Gasteiger charge is 2.42. The van der Waals surface area contributed by atoms with Crippen molar-refractivity contribution in [2.75, 3.05) is 27.7 Å². The first-order valence-electron chi connectivity index (χ1n) is 6.71. The maximum Gasteiger partial charge on any atom is 0.247 e. The van der Waals surface area contributed by atoms with Gasteiger partial charge in [-0.1, -0.05) is 0 Å². The molecule has 0 aliphatic heterocycles. The van der Waals surface area contributed by atoms with E-state index in [-0.39, 0.29) is 21.0 Å². The van der Waals surface area contributed by atoms with Gasteiger partial charge in [0.05, 0.1) is 5.88 Å². The predicted octanol–water partition coefficient (Wildman–Crippen LogP) is 2.89. The topological polar surface area (TPSA) is 53.8 Å². The van der Waals surface area contributed by atoms with Gasteiger partial charge in [0.15, 0.2) is 4.67 Å². The monoisotopic (exact) mass is 398 g/mol. The van der Waals surface area contributed by atoms with Crippen molar-refractivity contribution in [1.82, 2.24) is 9.21 Å². The fourth-order valence-corrected chi connectivity index (χ4v) is 4.98. The molecular weight excluding hydrogens is 380 g/mol. The number of nitrogens with zero attached hydrogens (tertiary/aromatic N) is 2. The predicted molar refractivity (Wildman–Crippen MR) is 86.0 cm³/mol. The normalized spacial score (nSPS) is 18.2. The Morgan fingerprint density at radius 2 is 2.00 bits per heavy atom. The number of alkyl halides is 1. The van der Waals surface area contributed by atoms with Crippen LogP contribution in [-0.2, 0) is 15.9 Å². The Labute approximate surface area is 139 Å². The lowest BCUT2D eigenvalue weighted by molar-refractivity contribution is 0.0455. The third-order valence-corrected chi connectivity index (χ3v) is 7.20. The Morgan fingerprint density at radius 1 is 1.38 bits per heavy atom. The van der Waals surface area contributed by atoms with Crippen molar-refractivity contribution in [3.63, 3.8) is 0 Å². The van der Waals surface area contributed by atoms with Crippen LogP contribution in [0.5, 0.6) is 0 Å². The molecule has 1 heterocycles. The van der Waals surface area contributed by atoms with E-state index < -0.39 is 10.0 Å². The fourth-order valence-electron chi connectivity index (χ4n) is 2.64. The third-order valence-electron chi connectivity index (χ3n) is 4.28. The smallest absolute Gasteiger partial charge is 0.247 e. The van der Waals surface area contributed by atoms with Crippen LogP contribution in [0.1, 0.15) is 25.0 Å². The average molecular weight is 400 g/mol. The van der Waals surface area contributed by atoms with Crippen LogP contribution < -0.4 is 0 Å². The molecule has 1 aromatic rings. The summed E-state index contributed by atoms with van der Waals surface area (Å²) in [7, 11) is 2.01. The molecule has 0 spiro atoms. The van der Waals surface area contributed by atoms with E-state index in [1.165, 1.54) is 10.4 Å². The molecule has 0 amide bonds. The molecule has 0 radical (unpaired) electrons. The highest BCUT2D eigenvalue weighted by Crippen LogP contribution is 2.38. The summed E-state index contributed by atoms with van der Waals surface area (Å²) in [5.74, 6) is 0.570. The number of hydrogen-bond acceptors (Lipinski definition) is 4. The zero-order valence-corrected chi connectivity index (χ0v) is 15.6. The second-order valence-corrected chi connectivity index (χ2v) is 8.72. The van der Waals surface area contributed by atoms with Crippen molar-refractivity contribution < 1.29 is 12.8 Å². The summed E-state index contributed by atoms with van der Waals surface area (Å²) in [4.78, 5) is 2.26. The molecule has 1 saturated carbocycles. The molecule has 0 bridgehead atoms. The van der Waals surface area contributed by atoms with Crippen LogP contribution in [0.25, 0.3) is 0 Å². The average Bonchev–Trinajstić information content (AvgIpc) is 2.74. The van der Waals surface area contributed by atoms with Crippen LogP contribution in [-0.4, -0.2) is 50.8 Å². The Kier molecular flexibility index (Phi) is 5.10. The molecule has 0 aromatic carbocycles. The molecule has 2 rings (SSSR count). The van der Waals surface area contributed by atoms with Gasteiger partial charge in [-0.2, -0.15) is 4.31 Å². The van der Waals surface area contributed by atoms with Gasteiger partial charge in [0, 0.05) is 25.2 Å². The van der Waals surface area contributed by atoms with Crippen LogP contribution in [0.4, 0.5) is 0 Å². The van der Waals surface area contributed by atoms with Crippen LogP contribution >= 0.6 is 27.5 Å². The minimum Gasteiger partial charge on any atom is -0.452 e. The van der Waals surface area contributed by atoms with E-state index in [0.29, 0.717) is 12.3 Å². The Hall–Kier alpha value is -0.0800. The maximum atomic E-state index is 12.7. The molecule has 0 N–H and O–H groups in total. The fraction of sp³-hybridized carbons (Fsp3) is 0.692. The molecule has 8 heteroatoms. The zero-order chi connectivity index (χ0) is 15.8. The highest BCUT2D eigenvalue weighted by molar-refractivity contribution is 9.10. The lowest BCUT2D eigenvalue weighted by atomic mass is 9.75. The van der Waals surface area contributed by atoms with Crippen molar-refractivity contribution in [3.8, 4) is 0 Å². The summed E-state index contributed by atoms with van der Waals surface area (Å²) in [6.07, 6.45) is 3.16. The third kappa shape index (κ3) is 3.17. The molecule has 21 heavy (non-hydrogen) atoms. The van der Waals surface area contributed by atoms with Crippen molar-refractivity contribution >= 4 is 37.6 Å². The first kappa shape index (κ1) is 17.3. The van der Waals surface area contributed by atoms with Crippen LogP contribution in [0.2, 0.25) is 0 Å². The number of furan rings is 1. The van der Waals surface area contributed by atoms with E-state index in [0.717, 1.165) is 19.3 Å². The van der Waals surface area contributed by atoms with Gasteiger partial charge in [0.25, 0.3) is 0 Å². The molecule has 1 aliphatic carbocycles. The number of halogens is 2. The van der Waals surface area contributed by atoms with E-state index in [9.17, 15) is 8.42 Å². The van der Waals surface area contributed by atoms with Gasteiger partial charge in [-0.15, -0.1) is 11.6 Å². The van der Waals surface area contributed by atoms with Gasteiger partial charge in [-0.25, -0.2) is 8.42 Å². The van der Waals surface area contributed by atoms with Gasteiger partial charge in [-0.05, 0) is 49.3 Å². The number of sulfonamides is 1. The molecule has 5 nitrogen and oxygen atoms in total. The van der Waals surface area contributed by atoms with E-state index in [2.05, 4.69) is 20.8 Å². The van der Waals surface area contributed by atoms with E-state index in [1.54, 1.807) is 7.05 Å². The van der Waals surface area contributed by atoms with Gasteiger partial charge >= 0.3 is 0 Å². The van der Waals surface area contributed by atoms with Crippen molar-refractivity contribution in [2.45, 2.75) is 35.6 Å². The second kappa shape index (κ2) is 6.20. The highest BCUT2D eigenvalue weighted by atomic mass is 79.9. The molecular formula is C13H20BrClN2O3S. The second-order valence-electron chi connectivity index (χ2n) is 5.72. The molecule has 1 fully saturated rings. The van der Waals surface area contributed by atoms with Crippen LogP contribution in [0.15, 0.2) is 20.0 Å². The molecule has 0 atom stereocenters. The standard InChI is InChI=1S/C13H20BrClN2O3S/c1-16(2)13(5-4-6-13)9-17(3)21(18,19)11-7-10(8-15)20-12(11)14/h7H,4-6,8-9H2,1-3H3. The van der Waals surface area contributed by atoms with Gasteiger partial charge in [-0.3, -0.25) is 0 Å². The summed E-state index contributed by atoms with van der Waals surface area (Å²) in [6.45, 7) is 0.468. The lowest BCUT2D eigenvalue weighted by Crippen LogP contribution is -2.57. The molecule has 1 aromatic heterocycles. The first-order chi connectivity index (χ1) is 9.73. The minimum absolute atomic E-state index is 0.0622. The molecule has 120 valence electrons. The SMILES string of the molecule is CN(C)C1(CN(C)S(=O)(=O)c2cc(CCl)oc2Br)CCC1. The lowest BCUT2D eigenvalue weighted by Gasteiger charge is -2.48. The van der Waals surface area contributed by atoms with Crippen LogP contribution in [0, 0.1) is 0 Å². The Morgan fingerprint density at radius 3 is 2.38 bits per heavy atom. The largest absolute Gasteiger partial charge is 0.452 e. The Balaban J connectivity index is 2.24. The number of likely N-dealkylation sites (N-methyl/N-ethyl adjacent to an activating group) is 2. The summed E-state index contributed by atoms with van der Waals surface area (Å²) < 4.78 is 32.3. The van der Waals surface area contributed by atoms with E-state index in [4.69, 9.17) is 16.0 Å². The summed E-state index contributed by atoms with van der Waals surface area (Å²) in [6, 6.07) is 1.48. The van der Waals surface area contributed by atoms with E-state index in [1.807, 2.05) is 14.1 Å². The maximum absolute atomic E-state index is 12.7. The van der Waals surface area contributed by atoms with E-state index >= 15 is 0 Å². The molecule has 0 unspecified atom stereocenters. The molecule has 0 saturated heterocycles. The number of rotatable bonds is 6. The number of hydrogen-bond donors (Lipinski definition) is 0. The quantitative estimate of drug-likeness (QED) is 0.690. The van der Waals surface area contributed by atoms with Gasteiger partial charge in [0.1, 0.15) is 10.7 Å². The van der Waals surface area contributed by atoms with Crippen molar-refractivity contribution in [1.29, 1.82) is 0 Å². The zero-order valence-electron chi connectivity index (χ0n) is 12.4. The Bertz CT molecular complexity index is 611. The van der Waals surface area contributed by atoms with Crippen LogP contribution in [0.3, 0.4) is 0 Å². The summed E-state index contributed by atoms with van der Waals surface area (Å²) >= 11 is 8.85. The van der Waals surface area contributed by atoms with Crippen molar-refractivity contribution in [3.05, 3.63) is 16.5 Å². The summed E-state index contributed by atoms with van der Waals surface area (Å²) in [5, 5.41) is 0. The minimum atomic E-state index is -3.59. The van der Waals surface area contributed by atoms with Gasteiger partial charge < -0.3 is 9.32 Å². The molecule has 1 aliphatic rings. The summed E-state index contributed by atoms with van der Waals surface area (Å²) in [5.41, 5.74) is -0.0622.